The fourth-order valence-electron chi connectivity index (χ4n) is 1.96. The van der Waals surface area contributed by atoms with Crippen LogP contribution >= 0.6 is 12.4 Å². The van der Waals surface area contributed by atoms with E-state index >= 15 is 0 Å². The smallest absolute Gasteiger partial charge is 0.240 e. The molecule has 1 aromatic rings. The van der Waals surface area contributed by atoms with Crippen molar-refractivity contribution in [3.05, 3.63) is 23.8 Å². The Kier molecular flexibility index (Phi) is 5.61. The molecule has 3 N–H and O–H groups in total. The predicted octanol–water partition coefficient (Wildman–Crippen LogP) is 1.06. The summed E-state index contributed by atoms with van der Waals surface area (Å²) in [6.07, 6.45) is 1.49. The average molecular weight is 307 g/mol. The molecule has 0 spiro atoms. The van der Waals surface area contributed by atoms with Crippen LogP contribution in [-0.2, 0) is 16.4 Å². The number of sulfonamides is 1. The van der Waals surface area contributed by atoms with E-state index in [-0.39, 0.29) is 23.4 Å². The molecule has 0 aromatic heterocycles. The number of benzene rings is 1. The number of ether oxygens (including phenoxy) is 1. The third-order valence-electron chi connectivity index (χ3n) is 2.85. The SMILES string of the molecule is CC1Cc2cc(S(=O)(=O)NCCCN)ccc2O1.Cl. The maximum Gasteiger partial charge on any atom is 0.240 e. The Hall–Kier alpha value is -0.820. The van der Waals surface area contributed by atoms with E-state index in [1.54, 1.807) is 18.2 Å². The topological polar surface area (TPSA) is 81.4 Å². The third kappa shape index (κ3) is 3.82. The van der Waals surface area contributed by atoms with E-state index in [4.69, 9.17) is 10.5 Å². The molecule has 1 unspecified atom stereocenters. The fourth-order valence-corrected chi connectivity index (χ4v) is 3.08. The summed E-state index contributed by atoms with van der Waals surface area (Å²) >= 11 is 0. The van der Waals surface area contributed by atoms with Crippen LogP contribution in [0.15, 0.2) is 23.1 Å². The molecule has 1 aliphatic heterocycles. The van der Waals surface area contributed by atoms with Crippen molar-refractivity contribution < 1.29 is 13.2 Å². The van der Waals surface area contributed by atoms with Crippen LogP contribution in [0.2, 0.25) is 0 Å². The normalized spacial score (nSPS) is 17.5. The molecule has 19 heavy (non-hydrogen) atoms. The number of hydrogen-bond acceptors (Lipinski definition) is 4. The molecule has 1 heterocycles. The van der Waals surface area contributed by atoms with E-state index in [1.807, 2.05) is 6.92 Å². The summed E-state index contributed by atoms with van der Waals surface area (Å²) in [5.41, 5.74) is 6.28. The molecular weight excluding hydrogens is 288 g/mol. The van der Waals surface area contributed by atoms with Gasteiger partial charge in [-0.25, -0.2) is 13.1 Å². The molecule has 0 fully saturated rings. The molecule has 5 nitrogen and oxygen atoms in total. The van der Waals surface area contributed by atoms with Crippen molar-refractivity contribution in [1.82, 2.24) is 4.72 Å². The average Bonchev–Trinajstić information content (AvgIpc) is 2.68. The number of hydrogen-bond donors (Lipinski definition) is 2. The summed E-state index contributed by atoms with van der Waals surface area (Å²) in [6, 6.07) is 4.97. The summed E-state index contributed by atoms with van der Waals surface area (Å²) in [4.78, 5) is 0.288. The Morgan fingerprint density at radius 3 is 2.89 bits per heavy atom. The van der Waals surface area contributed by atoms with Gasteiger partial charge in [-0.3, -0.25) is 0 Å². The monoisotopic (exact) mass is 306 g/mol. The Morgan fingerprint density at radius 1 is 1.47 bits per heavy atom. The van der Waals surface area contributed by atoms with E-state index in [9.17, 15) is 8.42 Å². The van der Waals surface area contributed by atoms with Gasteiger partial charge in [-0.15, -0.1) is 12.4 Å². The van der Waals surface area contributed by atoms with Gasteiger partial charge in [0.1, 0.15) is 11.9 Å². The lowest BCUT2D eigenvalue weighted by molar-refractivity contribution is 0.254. The highest BCUT2D eigenvalue weighted by molar-refractivity contribution is 7.89. The lowest BCUT2D eigenvalue weighted by atomic mass is 10.1. The van der Waals surface area contributed by atoms with Gasteiger partial charge < -0.3 is 10.5 Å². The van der Waals surface area contributed by atoms with Crippen LogP contribution in [0.1, 0.15) is 18.9 Å². The first-order valence-electron chi connectivity index (χ1n) is 6.02. The van der Waals surface area contributed by atoms with Crippen molar-refractivity contribution in [3.8, 4) is 5.75 Å². The van der Waals surface area contributed by atoms with Gasteiger partial charge in [-0.2, -0.15) is 0 Å². The Morgan fingerprint density at radius 2 is 2.21 bits per heavy atom. The van der Waals surface area contributed by atoms with E-state index < -0.39 is 10.0 Å². The van der Waals surface area contributed by atoms with Crippen LogP contribution in [0.4, 0.5) is 0 Å². The van der Waals surface area contributed by atoms with E-state index in [0.29, 0.717) is 19.5 Å². The van der Waals surface area contributed by atoms with Crippen LogP contribution in [0.5, 0.6) is 5.75 Å². The molecule has 0 aliphatic carbocycles. The lowest BCUT2D eigenvalue weighted by Crippen LogP contribution is -2.26. The van der Waals surface area contributed by atoms with E-state index in [0.717, 1.165) is 17.7 Å². The summed E-state index contributed by atoms with van der Waals surface area (Å²) in [5.74, 6) is 0.781. The summed E-state index contributed by atoms with van der Waals surface area (Å²) in [7, 11) is -3.43. The third-order valence-corrected chi connectivity index (χ3v) is 4.31. The molecule has 0 radical (unpaired) electrons. The molecule has 7 heteroatoms. The molecule has 2 rings (SSSR count). The zero-order chi connectivity index (χ0) is 13.2. The molecule has 1 aromatic carbocycles. The van der Waals surface area contributed by atoms with Crippen molar-refractivity contribution in [2.24, 2.45) is 5.73 Å². The molecule has 108 valence electrons. The van der Waals surface area contributed by atoms with Gasteiger partial charge in [-0.05, 0) is 43.7 Å². The maximum atomic E-state index is 12.0. The number of nitrogens with two attached hydrogens (primary N) is 1. The molecule has 0 saturated heterocycles. The van der Waals surface area contributed by atoms with Crippen LogP contribution in [0.3, 0.4) is 0 Å². The van der Waals surface area contributed by atoms with Crippen LogP contribution in [0, 0.1) is 0 Å². The van der Waals surface area contributed by atoms with Crippen molar-refractivity contribution in [2.45, 2.75) is 30.8 Å². The highest BCUT2D eigenvalue weighted by Crippen LogP contribution is 2.30. The quantitative estimate of drug-likeness (QED) is 0.797. The second kappa shape index (κ2) is 6.56. The lowest BCUT2D eigenvalue weighted by Gasteiger charge is -2.07. The first-order chi connectivity index (χ1) is 8.53. The van der Waals surface area contributed by atoms with Gasteiger partial charge in [0.25, 0.3) is 0 Å². The highest BCUT2D eigenvalue weighted by Gasteiger charge is 2.22. The Balaban J connectivity index is 0.00000180. The highest BCUT2D eigenvalue weighted by atomic mass is 35.5. The first-order valence-corrected chi connectivity index (χ1v) is 7.50. The van der Waals surface area contributed by atoms with Gasteiger partial charge in [0.05, 0.1) is 4.90 Å². The minimum Gasteiger partial charge on any atom is -0.490 e. The molecule has 0 saturated carbocycles. The zero-order valence-corrected chi connectivity index (χ0v) is 12.4. The Labute approximate surface area is 120 Å². The standard InChI is InChI=1S/C12H18N2O3S.ClH/c1-9-7-10-8-11(3-4-12(10)17-9)18(15,16)14-6-2-5-13;/h3-4,8-9,14H,2,5-7,13H2,1H3;1H. The summed E-state index contributed by atoms with van der Waals surface area (Å²) < 4.78 is 32.1. The number of halogens is 1. The van der Waals surface area contributed by atoms with Crippen molar-refractivity contribution in [3.63, 3.8) is 0 Å². The van der Waals surface area contributed by atoms with Crippen LogP contribution in [0.25, 0.3) is 0 Å². The van der Waals surface area contributed by atoms with Gasteiger partial charge >= 0.3 is 0 Å². The first kappa shape index (κ1) is 16.2. The molecular formula is C12H19ClN2O3S. The van der Waals surface area contributed by atoms with Gasteiger partial charge in [0.15, 0.2) is 0 Å². The minimum atomic E-state index is -3.43. The fraction of sp³-hybridized carbons (Fsp3) is 0.500. The van der Waals surface area contributed by atoms with E-state index in [2.05, 4.69) is 4.72 Å². The molecule has 0 amide bonds. The van der Waals surface area contributed by atoms with E-state index in [1.165, 1.54) is 0 Å². The second-order valence-electron chi connectivity index (χ2n) is 4.44. The van der Waals surface area contributed by atoms with Crippen molar-refractivity contribution in [2.75, 3.05) is 13.1 Å². The van der Waals surface area contributed by atoms with Gasteiger partial charge in [0.2, 0.25) is 10.0 Å². The summed E-state index contributed by atoms with van der Waals surface area (Å²) in [6.45, 7) is 2.80. The van der Waals surface area contributed by atoms with Crippen LogP contribution < -0.4 is 15.2 Å². The van der Waals surface area contributed by atoms with Crippen molar-refractivity contribution in [1.29, 1.82) is 0 Å². The number of rotatable bonds is 5. The Bertz CT molecular complexity index is 534. The number of nitrogens with one attached hydrogen (secondary N) is 1. The van der Waals surface area contributed by atoms with Crippen LogP contribution in [-0.4, -0.2) is 27.6 Å². The largest absolute Gasteiger partial charge is 0.490 e. The molecule has 1 aliphatic rings. The number of fused-ring (bicyclic) bond motifs is 1. The zero-order valence-electron chi connectivity index (χ0n) is 10.8. The molecule has 0 bridgehead atoms. The van der Waals surface area contributed by atoms with Gasteiger partial charge in [0, 0.05) is 13.0 Å². The predicted molar refractivity (Wildman–Crippen MR) is 76.3 cm³/mol. The second-order valence-corrected chi connectivity index (χ2v) is 6.21. The van der Waals surface area contributed by atoms with Crippen molar-refractivity contribution >= 4 is 22.4 Å². The van der Waals surface area contributed by atoms with Gasteiger partial charge in [-0.1, -0.05) is 0 Å². The summed E-state index contributed by atoms with van der Waals surface area (Å²) in [5, 5.41) is 0. The minimum absolute atomic E-state index is 0. The maximum absolute atomic E-state index is 12.0. The molecule has 1 atom stereocenters.